The molecule has 4 rings (SSSR count). The van der Waals surface area contributed by atoms with E-state index >= 15 is 0 Å². The minimum atomic E-state index is -0.790. The van der Waals surface area contributed by atoms with E-state index in [2.05, 4.69) is 15.7 Å². The van der Waals surface area contributed by atoms with Crippen LogP contribution in [0.4, 0.5) is 5.82 Å². The molecule has 0 radical (unpaired) electrons. The lowest BCUT2D eigenvalue weighted by molar-refractivity contribution is -0.137. The van der Waals surface area contributed by atoms with Crippen LogP contribution in [0.1, 0.15) is 31.4 Å². The number of carbonyl (C=O) groups excluding carboxylic acids is 2. The van der Waals surface area contributed by atoms with Crippen LogP contribution in [0, 0.1) is 5.92 Å². The summed E-state index contributed by atoms with van der Waals surface area (Å²) >= 11 is 0. The van der Waals surface area contributed by atoms with E-state index in [0.717, 1.165) is 12.8 Å². The minimum absolute atomic E-state index is 0.0944. The first kappa shape index (κ1) is 17.6. The quantitative estimate of drug-likeness (QED) is 0.803. The number of piperidine rings is 1. The predicted octanol–water partition coefficient (Wildman–Crippen LogP) is 1.51. The number of nitrogens with one attached hydrogen (secondary N) is 2. The van der Waals surface area contributed by atoms with Crippen LogP contribution in [-0.2, 0) is 23.2 Å². The Morgan fingerprint density at radius 3 is 2.67 bits per heavy atom. The van der Waals surface area contributed by atoms with Gasteiger partial charge in [0.25, 0.3) is 0 Å². The summed E-state index contributed by atoms with van der Waals surface area (Å²) in [5, 5.41) is 10.7. The Bertz CT molecular complexity index is 801. The van der Waals surface area contributed by atoms with E-state index < -0.39 is 5.54 Å². The van der Waals surface area contributed by atoms with Crippen LogP contribution in [0.5, 0.6) is 0 Å². The fourth-order valence-electron chi connectivity index (χ4n) is 3.58. The molecule has 0 aromatic carbocycles. The maximum atomic E-state index is 13.1. The van der Waals surface area contributed by atoms with E-state index in [-0.39, 0.29) is 17.7 Å². The summed E-state index contributed by atoms with van der Waals surface area (Å²) in [6.45, 7) is 1.48. The molecule has 1 saturated heterocycles. The molecule has 8 nitrogen and oxygen atoms in total. The third-order valence-corrected chi connectivity index (χ3v) is 5.37. The van der Waals surface area contributed by atoms with Crippen molar-refractivity contribution in [2.24, 2.45) is 13.0 Å². The highest BCUT2D eigenvalue weighted by molar-refractivity contribution is 5.90. The SMILES string of the molecule is Cn1ccc(NC2(C(=O)NCc3ccco3)CCN(C(=O)C3CC3)CC2)n1. The van der Waals surface area contributed by atoms with Crippen molar-refractivity contribution in [3.8, 4) is 0 Å². The molecule has 1 saturated carbocycles. The van der Waals surface area contributed by atoms with Gasteiger partial charge in [-0.05, 0) is 37.8 Å². The summed E-state index contributed by atoms with van der Waals surface area (Å²) in [4.78, 5) is 27.4. The summed E-state index contributed by atoms with van der Waals surface area (Å²) in [6.07, 6.45) is 6.51. The first-order valence-electron chi connectivity index (χ1n) is 9.43. The standard InChI is InChI=1S/C19H25N5O3/c1-23-9-6-16(22-23)21-19(18(26)20-13-15-3-2-12-27-15)7-10-24(11-8-19)17(25)14-4-5-14/h2-3,6,9,12,14H,4-5,7-8,10-11,13H2,1H3,(H,20,26)(H,21,22). The minimum Gasteiger partial charge on any atom is -0.467 e. The molecule has 2 N–H and O–H groups in total. The number of rotatable bonds is 6. The number of nitrogens with zero attached hydrogens (tertiary/aromatic N) is 3. The van der Waals surface area contributed by atoms with Crippen molar-refractivity contribution in [3.05, 3.63) is 36.4 Å². The third-order valence-electron chi connectivity index (χ3n) is 5.37. The second-order valence-electron chi connectivity index (χ2n) is 7.44. The Kier molecular flexibility index (Phi) is 4.63. The van der Waals surface area contributed by atoms with E-state index in [0.29, 0.717) is 44.1 Å². The van der Waals surface area contributed by atoms with Crippen molar-refractivity contribution < 1.29 is 14.0 Å². The Hall–Kier alpha value is -2.77. The highest BCUT2D eigenvalue weighted by Crippen LogP contribution is 2.34. The summed E-state index contributed by atoms with van der Waals surface area (Å²) in [5.41, 5.74) is -0.790. The van der Waals surface area contributed by atoms with Gasteiger partial charge in [0.05, 0.1) is 12.8 Å². The van der Waals surface area contributed by atoms with E-state index in [4.69, 9.17) is 4.42 Å². The number of furan rings is 1. The average molecular weight is 371 g/mol. The van der Waals surface area contributed by atoms with Gasteiger partial charge in [-0.2, -0.15) is 5.10 Å². The average Bonchev–Trinajstić information content (AvgIpc) is 3.24. The van der Waals surface area contributed by atoms with Crippen molar-refractivity contribution >= 4 is 17.6 Å². The van der Waals surface area contributed by atoms with Gasteiger partial charge in [-0.15, -0.1) is 0 Å². The van der Waals surface area contributed by atoms with Crippen LogP contribution in [-0.4, -0.2) is 45.1 Å². The smallest absolute Gasteiger partial charge is 0.246 e. The number of likely N-dealkylation sites (tertiary alicyclic amines) is 1. The van der Waals surface area contributed by atoms with E-state index in [1.165, 1.54) is 0 Å². The van der Waals surface area contributed by atoms with Gasteiger partial charge in [-0.3, -0.25) is 14.3 Å². The summed E-state index contributed by atoms with van der Waals surface area (Å²) in [6, 6.07) is 5.48. The molecule has 144 valence electrons. The lowest BCUT2D eigenvalue weighted by Crippen LogP contribution is -2.59. The lowest BCUT2D eigenvalue weighted by atomic mass is 9.86. The second kappa shape index (κ2) is 7.09. The zero-order valence-corrected chi connectivity index (χ0v) is 15.5. The Labute approximate surface area is 157 Å². The molecule has 2 aliphatic rings. The van der Waals surface area contributed by atoms with Crippen LogP contribution in [0.25, 0.3) is 0 Å². The van der Waals surface area contributed by atoms with Crippen molar-refractivity contribution in [1.82, 2.24) is 20.0 Å². The zero-order chi connectivity index (χ0) is 18.9. The second-order valence-corrected chi connectivity index (χ2v) is 7.44. The van der Waals surface area contributed by atoms with E-state index in [1.807, 2.05) is 30.3 Å². The normalized spacial score (nSPS) is 18.9. The van der Waals surface area contributed by atoms with E-state index in [9.17, 15) is 9.59 Å². The Balaban J connectivity index is 1.46. The first-order valence-corrected chi connectivity index (χ1v) is 9.43. The van der Waals surface area contributed by atoms with Gasteiger partial charge in [-0.1, -0.05) is 0 Å². The van der Waals surface area contributed by atoms with Crippen LogP contribution < -0.4 is 10.6 Å². The van der Waals surface area contributed by atoms with Crippen LogP contribution >= 0.6 is 0 Å². The van der Waals surface area contributed by atoms with Crippen molar-refractivity contribution in [2.45, 2.75) is 37.8 Å². The fraction of sp³-hybridized carbons (Fsp3) is 0.526. The topological polar surface area (TPSA) is 92.4 Å². The van der Waals surface area contributed by atoms with Gasteiger partial charge in [-0.25, -0.2) is 0 Å². The molecule has 27 heavy (non-hydrogen) atoms. The molecule has 8 heteroatoms. The molecule has 2 aromatic heterocycles. The molecule has 0 bridgehead atoms. The van der Waals surface area contributed by atoms with Gasteiger partial charge in [0.2, 0.25) is 11.8 Å². The lowest BCUT2D eigenvalue weighted by Gasteiger charge is -2.41. The maximum Gasteiger partial charge on any atom is 0.246 e. The summed E-state index contributed by atoms with van der Waals surface area (Å²) in [7, 11) is 1.84. The highest BCUT2D eigenvalue weighted by atomic mass is 16.3. The summed E-state index contributed by atoms with van der Waals surface area (Å²) < 4.78 is 7.00. The molecule has 3 heterocycles. The number of hydrogen-bond acceptors (Lipinski definition) is 5. The van der Waals surface area contributed by atoms with E-state index in [1.54, 1.807) is 17.0 Å². The van der Waals surface area contributed by atoms with Crippen LogP contribution in [0.3, 0.4) is 0 Å². The number of hydrogen-bond donors (Lipinski definition) is 2. The number of carbonyl (C=O) groups is 2. The summed E-state index contributed by atoms with van der Waals surface area (Å²) in [5.74, 6) is 1.71. The molecule has 2 amide bonds. The highest BCUT2D eigenvalue weighted by Gasteiger charge is 2.44. The monoisotopic (exact) mass is 371 g/mol. The van der Waals surface area contributed by atoms with Gasteiger partial charge in [0.15, 0.2) is 0 Å². The first-order chi connectivity index (χ1) is 13.1. The Morgan fingerprint density at radius 1 is 1.30 bits per heavy atom. The molecule has 0 atom stereocenters. The molecule has 1 aliphatic heterocycles. The molecule has 1 aliphatic carbocycles. The van der Waals surface area contributed by atoms with Crippen molar-refractivity contribution in [2.75, 3.05) is 18.4 Å². The maximum absolute atomic E-state index is 13.1. The van der Waals surface area contributed by atoms with Gasteiger partial charge < -0.3 is 20.0 Å². The number of anilines is 1. The molecular formula is C19H25N5O3. The Morgan fingerprint density at radius 2 is 2.07 bits per heavy atom. The molecule has 0 unspecified atom stereocenters. The molecule has 0 spiro atoms. The van der Waals surface area contributed by atoms with Crippen LogP contribution in [0.15, 0.2) is 35.1 Å². The van der Waals surface area contributed by atoms with Crippen LogP contribution in [0.2, 0.25) is 0 Å². The number of aromatic nitrogens is 2. The predicted molar refractivity (Wildman–Crippen MR) is 98.7 cm³/mol. The zero-order valence-electron chi connectivity index (χ0n) is 15.5. The largest absolute Gasteiger partial charge is 0.467 e. The molecular weight excluding hydrogens is 346 g/mol. The number of amides is 2. The third kappa shape index (κ3) is 3.84. The van der Waals surface area contributed by atoms with Crippen molar-refractivity contribution in [1.29, 1.82) is 0 Å². The van der Waals surface area contributed by atoms with Gasteiger partial charge in [0.1, 0.15) is 17.1 Å². The fourth-order valence-corrected chi connectivity index (χ4v) is 3.58. The number of aryl methyl sites for hydroxylation is 1. The van der Waals surface area contributed by atoms with Crippen molar-refractivity contribution in [3.63, 3.8) is 0 Å². The van der Waals surface area contributed by atoms with Gasteiger partial charge in [0, 0.05) is 38.3 Å². The van der Waals surface area contributed by atoms with Gasteiger partial charge >= 0.3 is 0 Å². The molecule has 2 aromatic rings. The molecule has 2 fully saturated rings.